The van der Waals surface area contributed by atoms with Crippen LogP contribution in [0.1, 0.15) is 19.8 Å². The van der Waals surface area contributed by atoms with E-state index in [1.54, 1.807) is 0 Å². The SMILES string of the molecule is CCCCO[S+](C)C. The molecule has 0 N–H and O–H groups in total. The molecule has 0 aromatic carbocycles. The highest BCUT2D eigenvalue weighted by Crippen LogP contribution is 1.92. The fourth-order valence-corrected chi connectivity index (χ4v) is 0.821. The minimum absolute atomic E-state index is 0.183. The third kappa shape index (κ3) is 6.31. The molecule has 8 heavy (non-hydrogen) atoms. The van der Waals surface area contributed by atoms with E-state index in [0.29, 0.717) is 0 Å². The van der Waals surface area contributed by atoms with Crippen LogP contribution in [-0.2, 0) is 15.4 Å². The molecule has 0 saturated carbocycles. The largest absolute Gasteiger partial charge is 0.175 e. The van der Waals surface area contributed by atoms with Crippen molar-refractivity contribution in [1.82, 2.24) is 0 Å². The first-order valence-electron chi connectivity index (χ1n) is 2.98. The van der Waals surface area contributed by atoms with E-state index in [2.05, 4.69) is 19.4 Å². The Morgan fingerprint density at radius 3 is 2.38 bits per heavy atom. The van der Waals surface area contributed by atoms with E-state index in [1.807, 2.05) is 0 Å². The number of hydrogen-bond acceptors (Lipinski definition) is 1. The Kier molecular flexibility index (Phi) is 5.66. The first kappa shape index (κ1) is 8.31. The maximum atomic E-state index is 5.31. The van der Waals surface area contributed by atoms with Crippen molar-refractivity contribution in [2.24, 2.45) is 0 Å². The second-order valence-corrected chi connectivity index (χ2v) is 3.64. The van der Waals surface area contributed by atoms with Gasteiger partial charge in [0, 0.05) is 0 Å². The molecule has 0 aliphatic carbocycles. The van der Waals surface area contributed by atoms with E-state index in [0.717, 1.165) is 6.61 Å². The van der Waals surface area contributed by atoms with E-state index in [9.17, 15) is 0 Å². The summed E-state index contributed by atoms with van der Waals surface area (Å²) in [6, 6.07) is 0. The zero-order valence-corrected chi connectivity index (χ0v) is 6.75. The predicted octanol–water partition coefficient (Wildman–Crippen LogP) is 1.60. The molecule has 0 radical (unpaired) electrons. The van der Waals surface area contributed by atoms with E-state index < -0.39 is 0 Å². The van der Waals surface area contributed by atoms with Crippen LogP contribution in [0.2, 0.25) is 0 Å². The van der Waals surface area contributed by atoms with Gasteiger partial charge >= 0.3 is 0 Å². The molecular weight excluding hydrogens is 120 g/mol. The molecule has 0 aliphatic heterocycles. The minimum Gasteiger partial charge on any atom is -0.175 e. The number of hydrogen-bond donors (Lipinski definition) is 0. The Morgan fingerprint density at radius 2 is 2.00 bits per heavy atom. The molecule has 0 bridgehead atoms. The van der Waals surface area contributed by atoms with Crippen molar-refractivity contribution >= 4 is 11.2 Å². The van der Waals surface area contributed by atoms with Crippen molar-refractivity contribution in [3.05, 3.63) is 0 Å². The lowest BCUT2D eigenvalue weighted by molar-refractivity contribution is 0.354. The van der Waals surface area contributed by atoms with Gasteiger partial charge in [-0.25, -0.2) is 0 Å². The minimum atomic E-state index is 0.183. The van der Waals surface area contributed by atoms with Crippen LogP contribution in [0.5, 0.6) is 0 Å². The quantitative estimate of drug-likeness (QED) is 0.420. The average Bonchev–Trinajstić information content (AvgIpc) is 1.66. The van der Waals surface area contributed by atoms with Crippen molar-refractivity contribution in [2.75, 3.05) is 19.1 Å². The lowest BCUT2D eigenvalue weighted by Gasteiger charge is -1.93. The fourth-order valence-electron chi connectivity index (χ4n) is 0.370. The second kappa shape index (κ2) is 5.45. The van der Waals surface area contributed by atoms with Crippen LogP contribution in [0.4, 0.5) is 0 Å². The van der Waals surface area contributed by atoms with Crippen LogP contribution in [0, 0.1) is 0 Å². The highest BCUT2D eigenvalue weighted by molar-refractivity contribution is 7.90. The Bertz CT molecular complexity index is 45.8. The van der Waals surface area contributed by atoms with Crippen molar-refractivity contribution in [1.29, 1.82) is 0 Å². The normalized spacial score (nSPS) is 10.5. The molecule has 50 valence electrons. The number of rotatable bonds is 4. The smallest absolute Gasteiger partial charge is 0.140 e. The fraction of sp³-hybridized carbons (Fsp3) is 1.00. The molecule has 0 aromatic rings. The van der Waals surface area contributed by atoms with Gasteiger partial charge < -0.3 is 0 Å². The van der Waals surface area contributed by atoms with Crippen LogP contribution in [-0.4, -0.2) is 19.1 Å². The molecule has 0 spiro atoms. The lowest BCUT2D eigenvalue weighted by Crippen LogP contribution is -2.02. The van der Waals surface area contributed by atoms with Crippen molar-refractivity contribution in [3.63, 3.8) is 0 Å². The van der Waals surface area contributed by atoms with Crippen LogP contribution < -0.4 is 0 Å². The third-order valence-corrected chi connectivity index (χ3v) is 1.45. The Hall–Kier alpha value is 0.310. The number of unbranched alkanes of at least 4 members (excludes halogenated alkanes) is 1. The summed E-state index contributed by atoms with van der Waals surface area (Å²) in [6.45, 7) is 3.11. The molecule has 0 rings (SSSR count). The summed E-state index contributed by atoms with van der Waals surface area (Å²) in [7, 11) is 0. The summed E-state index contributed by atoms with van der Waals surface area (Å²) < 4.78 is 5.31. The van der Waals surface area contributed by atoms with Crippen LogP contribution >= 0.6 is 0 Å². The zero-order chi connectivity index (χ0) is 6.41. The van der Waals surface area contributed by atoms with E-state index in [4.69, 9.17) is 4.18 Å². The summed E-state index contributed by atoms with van der Waals surface area (Å²) in [5.74, 6) is 0. The average molecular weight is 135 g/mol. The molecule has 0 aromatic heterocycles. The lowest BCUT2D eigenvalue weighted by atomic mass is 10.4. The van der Waals surface area contributed by atoms with Crippen LogP contribution in [0.3, 0.4) is 0 Å². The topological polar surface area (TPSA) is 9.23 Å². The molecule has 0 atom stereocenters. The maximum absolute atomic E-state index is 5.31. The zero-order valence-electron chi connectivity index (χ0n) is 5.94. The van der Waals surface area contributed by atoms with Gasteiger partial charge in [-0.05, 0) is 6.42 Å². The highest BCUT2D eigenvalue weighted by Gasteiger charge is 1.99. The predicted molar refractivity (Wildman–Crippen MR) is 40.1 cm³/mol. The summed E-state index contributed by atoms with van der Waals surface area (Å²) >= 11 is 0.183. The molecule has 2 heteroatoms. The molecule has 0 fully saturated rings. The Balaban J connectivity index is 2.72. The van der Waals surface area contributed by atoms with Gasteiger partial charge in [0.25, 0.3) is 0 Å². The monoisotopic (exact) mass is 135 g/mol. The molecule has 0 heterocycles. The van der Waals surface area contributed by atoms with E-state index in [1.165, 1.54) is 12.8 Å². The standard InChI is InChI=1S/C6H15OS/c1-4-5-6-7-8(2)3/h4-6H2,1-3H3/q+1. The third-order valence-electron chi connectivity index (χ3n) is 0.817. The summed E-state index contributed by atoms with van der Waals surface area (Å²) in [4.78, 5) is 0. The van der Waals surface area contributed by atoms with E-state index in [-0.39, 0.29) is 11.2 Å². The summed E-state index contributed by atoms with van der Waals surface area (Å²) in [5.41, 5.74) is 0. The molecule has 0 aliphatic rings. The van der Waals surface area contributed by atoms with Crippen molar-refractivity contribution < 1.29 is 4.18 Å². The van der Waals surface area contributed by atoms with Crippen molar-refractivity contribution in [2.45, 2.75) is 19.8 Å². The summed E-state index contributed by atoms with van der Waals surface area (Å²) in [5, 5.41) is 0. The van der Waals surface area contributed by atoms with Gasteiger partial charge in [0.05, 0.1) is 0 Å². The van der Waals surface area contributed by atoms with Crippen molar-refractivity contribution in [3.8, 4) is 0 Å². The second-order valence-electron chi connectivity index (χ2n) is 1.92. The maximum Gasteiger partial charge on any atom is 0.140 e. The molecule has 0 unspecified atom stereocenters. The van der Waals surface area contributed by atoms with Gasteiger partial charge in [0.2, 0.25) is 0 Å². The molecular formula is C6H15OS+. The van der Waals surface area contributed by atoms with Gasteiger partial charge in [0.1, 0.15) is 30.3 Å². The van der Waals surface area contributed by atoms with Crippen LogP contribution in [0.25, 0.3) is 0 Å². The first-order valence-corrected chi connectivity index (χ1v) is 4.95. The van der Waals surface area contributed by atoms with Gasteiger partial charge in [0.15, 0.2) is 0 Å². The van der Waals surface area contributed by atoms with Gasteiger partial charge in [-0.15, -0.1) is 0 Å². The highest BCUT2D eigenvalue weighted by atomic mass is 32.2. The molecule has 0 amide bonds. The van der Waals surface area contributed by atoms with Crippen LogP contribution in [0.15, 0.2) is 0 Å². The molecule has 0 saturated heterocycles. The Labute approximate surface area is 55.0 Å². The Morgan fingerprint density at radius 1 is 1.38 bits per heavy atom. The van der Waals surface area contributed by atoms with Gasteiger partial charge in [-0.2, -0.15) is 4.18 Å². The first-order chi connectivity index (χ1) is 3.77. The van der Waals surface area contributed by atoms with Gasteiger partial charge in [-0.1, -0.05) is 13.3 Å². The van der Waals surface area contributed by atoms with Gasteiger partial charge in [-0.3, -0.25) is 0 Å². The molecule has 1 nitrogen and oxygen atoms in total. The summed E-state index contributed by atoms with van der Waals surface area (Å²) in [6.07, 6.45) is 6.62. The van der Waals surface area contributed by atoms with E-state index >= 15 is 0 Å².